The van der Waals surface area contributed by atoms with E-state index in [1.165, 1.54) is 4.88 Å². The van der Waals surface area contributed by atoms with Crippen LogP contribution in [0, 0.1) is 13.8 Å². The van der Waals surface area contributed by atoms with Gasteiger partial charge in [-0.2, -0.15) is 0 Å². The van der Waals surface area contributed by atoms with E-state index >= 15 is 0 Å². The molecule has 0 aliphatic carbocycles. The topological polar surface area (TPSA) is 80.7 Å². The molecule has 0 aliphatic rings. The molecule has 0 unspecified atom stereocenters. The lowest BCUT2D eigenvalue weighted by molar-refractivity contribution is 0.339. The van der Waals surface area contributed by atoms with E-state index in [0.29, 0.717) is 31.3 Å². The summed E-state index contributed by atoms with van der Waals surface area (Å²) in [5.41, 5.74) is 2.10. The Hall–Kier alpha value is -3.13. The van der Waals surface area contributed by atoms with E-state index in [-0.39, 0.29) is 0 Å². The van der Waals surface area contributed by atoms with Crippen molar-refractivity contribution in [2.24, 2.45) is 4.99 Å². The molecule has 0 bridgehead atoms. The smallest absolute Gasteiger partial charge is 0.219 e. The second-order valence-corrected chi connectivity index (χ2v) is 7.82. The standard InChI is InChI=1S/C22H27N5O2S/c1-5-28-18-6-8-19(9-7-18)29-21-12-17(10-11-24-21)13-25-22(23-4)26-14-20-15(2)27-16(3)30-20/h6-12H,5,13-14H2,1-4H3,(H2,23,25,26). The van der Waals surface area contributed by atoms with Gasteiger partial charge in [-0.1, -0.05) is 0 Å². The second kappa shape index (κ2) is 10.6. The van der Waals surface area contributed by atoms with Crippen LogP contribution in [0.3, 0.4) is 0 Å². The lowest BCUT2D eigenvalue weighted by Crippen LogP contribution is -2.36. The molecule has 0 spiro atoms. The van der Waals surface area contributed by atoms with Gasteiger partial charge >= 0.3 is 0 Å². The molecular weight excluding hydrogens is 398 g/mol. The van der Waals surface area contributed by atoms with Crippen molar-refractivity contribution in [1.82, 2.24) is 20.6 Å². The van der Waals surface area contributed by atoms with Crippen molar-refractivity contribution in [3.05, 3.63) is 63.7 Å². The number of ether oxygens (including phenoxy) is 2. The highest BCUT2D eigenvalue weighted by atomic mass is 32.1. The molecule has 158 valence electrons. The summed E-state index contributed by atoms with van der Waals surface area (Å²) in [5.74, 6) is 2.80. The maximum absolute atomic E-state index is 5.86. The van der Waals surface area contributed by atoms with E-state index in [4.69, 9.17) is 9.47 Å². The summed E-state index contributed by atoms with van der Waals surface area (Å²) in [6, 6.07) is 11.4. The van der Waals surface area contributed by atoms with Crippen molar-refractivity contribution in [2.75, 3.05) is 13.7 Å². The Kier molecular flexibility index (Phi) is 7.62. The normalized spacial score (nSPS) is 11.3. The van der Waals surface area contributed by atoms with Gasteiger partial charge in [-0.25, -0.2) is 9.97 Å². The van der Waals surface area contributed by atoms with E-state index in [2.05, 4.69) is 25.6 Å². The van der Waals surface area contributed by atoms with Crippen LogP contribution in [0.2, 0.25) is 0 Å². The molecule has 0 saturated carbocycles. The Morgan fingerprint density at radius 1 is 1.07 bits per heavy atom. The molecule has 2 heterocycles. The number of aromatic nitrogens is 2. The Bertz CT molecular complexity index is 985. The number of aliphatic imine (C=N–C) groups is 1. The van der Waals surface area contributed by atoms with Gasteiger partial charge in [0.1, 0.15) is 11.5 Å². The van der Waals surface area contributed by atoms with Crippen molar-refractivity contribution in [3.8, 4) is 17.4 Å². The number of thiazole rings is 1. The third-order valence-electron chi connectivity index (χ3n) is 4.26. The quantitative estimate of drug-likeness (QED) is 0.416. The number of hydrogen-bond acceptors (Lipinski definition) is 6. The minimum absolute atomic E-state index is 0.539. The lowest BCUT2D eigenvalue weighted by Gasteiger charge is -2.12. The van der Waals surface area contributed by atoms with Crippen LogP contribution < -0.4 is 20.1 Å². The van der Waals surface area contributed by atoms with Gasteiger partial charge < -0.3 is 20.1 Å². The maximum atomic E-state index is 5.86. The molecule has 3 rings (SSSR count). The number of aryl methyl sites for hydroxylation is 2. The monoisotopic (exact) mass is 425 g/mol. The molecule has 0 radical (unpaired) electrons. The number of nitrogens with zero attached hydrogens (tertiary/aromatic N) is 3. The Labute approximate surface area is 181 Å². The minimum Gasteiger partial charge on any atom is -0.494 e. The highest BCUT2D eigenvalue weighted by Crippen LogP contribution is 2.23. The van der Waals surface area contributed by atoms with Crippen LogP contribution in [-0.4, -0.2) is 29.6 Å². The molecule has 8 heteroatoms. The summed E-state index contributed by atoms with van der Waals surface area (Å²) in [5, 5.41) is 7.72. The van der Waals surface area contributed by atoms with Gasteiger partial charge in [0.2, 0.25) is 5.88 Å². The van der Waals surface area contributed by atoms with Crippen molar-refractivity contribution in [3.63, 3.8) is 0 Å². The van der Waals surface area contributed by atoms with Gasteiger partial charge in [0, 0.05) is 30.7 Å². The number of guanidine groups is 1. The molecular formula is C22H27N5O2S. The Morgan fingerprint density at radius 3 is 2.47 bits per heavy atom. The van der Waals surface area contributed by atoms with E-state index in [0.717, 1.165) is 28.0 Å². The van der Waals surface area contributed by atoms with Gasteiger partial charge in [-0.05, 0) is 56.7 Å². The van der Waals surface area contributed by atoms with E-state index in [1.807, 2.05) is 57.2 Å². The summed E-state index contributed by atoms with van der Waals surface area (Å²) < 4.78 is 11.3. The number of nitrogens with one attached hydrogen (secondary N) is 2. The zero-order chi connectivity index (χ0) is 21.3. The zero-order valence-corrected chi connectivity index (χ0v) is 18.5. The van der Waals surface area contributed by atoms with E-state index in [1.54, 1.807) is 24.6 Å². The third kappa shape index (κ3) is 6.18. The number of rotatable bonds is 8. The predicted molar refractivity (Wildman–Crippen MR) is 121 cm³/mol. The van der Waals surface area contributed by atoms with Crippen LogP contribution in [0.25, 0.3) is 0 Å². The first-order chi connectivity index (χ1) is 14.6. The van der Waals surface area contributed by atoms with E-state index in [9.17, 15) is 0 Å². The van der Waals surface area contributed by atoms with Gasteiger partial charge in [0.25, 0.3) is 0 Å². The minimum atomic E-state index is 0.539. The first-order valence-corrected chi connectivity index (χ1v) is 10.6. The van der Waals surface area contributed by atoms with Crippen LogP contribution in [0.4, 0.5) is 0 Å². The molecule has 1 aromatic carbocycles. The third-order valence-corrected chi connectivity index (χ3v) is 5.33. The molecule has 0 fully saturated rings. The zero-order valence-electron chi connectivity index (χ0n) is 17.7. The Balaban J connectivity index is 1.54. The van der Waals surface area contributed by atoms with Crippen LogP contribution >= 0.6 is 11.3 Å². The molecule has 0 amide bonds. The average molecular weight is 426 g/mol. The molecule has 0 saturated heterocycles. The highest BCUT2D eigenvalue weighted by Gasteiger charge is 2.07. The summed E-state index contributed by atoms with van der Waals surface area (Å²) in [6.45, 7) is 7.93. The fourth-order valence-electron chi connectivity index (χ4n) is 2.82. The fourth-order valence-corrected chi connectivity index (χ4v) is 3.69. The molecule has 0 atom stereocenters. The van der Waals surface area contributed by atoms with Gasteiger partial charge in [-0.3, -0.25) is 4.99 Å². The fraction of sp³-hybridized carbons (Fsp3) is 0.318. The van der Waals surface area contributed by atoms with Crippen LogP contribution in [0.5, 0.6) is 17.4 Å². The maximum Gasteiger partial charge on any atom is 0.219 e. The number of pyridine rings is 1. The first kappa shape index (κ1) is 21.6. The van der Waals surface area contributed by atoms with Crippen molar-refractivity contribution >= 4 is 17.3 Å². The molecule has 30 heavy (non-hydrogen) atoms. The SMILES string of the molecule is CCOc1ccc(Oc2cc(CNC(=NC)NCc3sc(C)nc3C)ccn2)cc1. The number of benzene rings is 1. The van der Waals surface area contributed by atoms with Crippen LogP contribution in [-0.2, 0) is 13.1 Å². The van der Waals surface area contributed by atoms with Crippen molar-refractivity contribution in [2.45, 2.75) is 33.9 Å². The molecule has 7 nitrogen and oxygen atoms in total. The van der Waals surface area contributed by atoms with Gasteiger partial charge in [-0.15, -0.1) is 11.3 Å². The second-order valence-electron chi connectivity index (χ2n) is 6.53. The summed E-state index contributed by atoms with van der Waals surface area (Å²) in [7, 11) is 1.76. The molecule has 0 aliphatic heterocycles. The summed E-state index contributed by atoms with van der Waals surface area (Å²) in [6.07, 6.45) is 1.74. The van der Waals surface area contributed by atoms with Crippen LogP contribution in [0.1, 0.15) is 28.1 Å². The van der Waals surface area contributed by atoms with Crippen molar-refractivity contribution in [1.29, 1.82) is 0 Å². The summed E-state index contributed by atoms with van der Waals surface area (Å²) >= 11 is 1.70. The lowest BCUT2D eigenvalue weighted by atomic mass is 10.2. The molecule has 2 N–H and O–H groups in total. The summed E-state index contributed by atoms with van der Waals surface area (Å²) in [4.78, 5) is 14.3. The molecule has 2 aromatic heterocycles. The van der Waals surface area contributed by atoms with Crippen LogP contribution in [0.15, 0.2) is 47.6 Å². The van der Waals surface area contributed by atoms with Crippen molar-refractivity contribution < 1.29 is 9.47 Å². The Morgan fingerprint density at radius 2 is 1.80 bits per heavy atom. The van der Waals surface area contributed by atoms with E-state index < -0.39 is 0 Å². The molecule has 3 aromatic rings. The van der Waals surface area contributed by atoms with Gasteiger partial charge in [0.15, 0.2) is 5.96 Å². The predicted octanol–water partition coefficient (Wildman–Crippen LogP) is 4.21. The largest absolute Gasteiger partial charge is 0.494 e. The number of hydrogen-bond donors (Lipinski definition) is 2. The first-order valence-electron chi connectivity index (χ1n) is 9.80. The average Bonchev–Trinajstić information content (AvgIpc) is 3.07. The van der Waals surface area contributed by atoms with Gasteiger partial charge in [0.05, 0.1) is 23.9 Å². The highest BCUT2D eigenvalue weighted by molar-refractivity contribution is 7.11.